The Morgan fingerprint density at radius 2 is 2.10 bits per heavy atom. The van der Waals surface area contributed by atoms with E-state index >= 15 is 0 Å². The van der Waals surface area contributed by atoms with Crippen LogP contribution in [0.3, 0.4) is 0 Å². The molecule has 0 radical (unpaired) electrons. The quantitative estimate of drug-likeness (QED) is 0.862. The van der Waals surface area contributed by atoms with Crippen molar-refractivity contribution >= 4 is 40.7 Å². The lowest BCUT2D eigenvalue weighted by molar-refractivity contribution is -0.136. The summed E-state index contributed by atoms with van der Waals surface area (Å²) >= 11 is 11.7. The number of rotatable bonds is 3. The van der Waals surface area contributed by atoms with Gasteiger partial charge in [-0.15, -0.1) is 0 Å². The Morgan fingerprint density at radius 1 is 1.33 bits per heavy atom. The number of hydrogen-bond donors (Lipinski definition) is 1. The largest absolute Gasteiger partial charge is 0.342 e. The SMILES string of the molecule is CC1CCCN(C(=O)CC(=O)Nc2ccc(Cl)c(Cl)c2)C1. The van der Waals surface area contributed by atoms with Gasteiger partial charge in [0.2, 0.25) is 11.8 Å². The molecule has 6 heteroatoms. The molecule has 0 bridgehead atoms. The van der Waals surface area contributed by atoms with Crippen LogP contribution in [-0.2, 0) is 9.59 Å². The summed E-state index contributed by atoms with van der Waals surface area (Å²) in [5.41, 5.74) is 0.536. The number of anilines is 1. The van der Waals surface area contributed by atoms with Gasteiger partial charge in [-0.25, -0.2) is 0 Å². The fourth-order valence-electron chi connectivity index (χ4n) is 2.44. The number of amides is 2. The number of carbonyl (C=O) groups excluding carboxylic acids is 2. The van der Waals surface area contributed by atoms with Crippen LogP contribution in [0.25, 0.3) is 0 Å². The van der Waals surface area contributed by atoms with Gasteiger partial charge in [0.15, 0.2) is 0 Å². The number of likely N-dealkylation sites (tertiary alicyclic amines) is 1. The first-order valence-corrected chi connectivity index (χ1v) is 7.74. The van der Waals surface area contributed by atoms with Crippen molar-refractivity contribution in [2.75, 3.05) is 18.4 Å². The minimum absolute atomic E-state index is 0.126. The molecule has 1 unspecified atom stereocenters. The zero-order valence-corrected chi connectivity index (χ0v) is 13.4. The monoisotopic (exact) mass is 328 g/mol. The van der Waals surface area contributed by atoms with Crippen molar-refractivity contribution in [3.8, 4) is 0 Å². The highest BCUT2D eigenvalue weighted by molar-refractivity contribution is 6.42. The second-order valence-electron chi connectivity index (χ2n) is 5.44. The molecule has 1 atom stereocenters. The van der Waals surface area contributed by atoms with Gasteiger partial charge in [-0.1, -0.05) is 30.1 Å². The summed E-state index contributed by atoms with van der Waals surface area (Å²) in [5.74, 6) is 0.0385. The van der Waals surface area contributed by atoms with E-state index in [9.17, 15) is 9.59 Å². The molecule has 2 rings (SSSR count). The van der Waals surface area contributed by atoms with E-state index in [1.165, 1.54) is 0 Å². The third-order valence-electron chi connectivity index (χ3n) is 3.52. The summed E-state index contributed by atoms with van der Waals surface area (Å²) in [5, 5.41) is 3.45. The minimum atomic E-state index is -0.336. The Balaban J connectivity index is 1.88. The predicted octanol–water partition coefficient (Wildman–Crippen LogP) is 3.58. The maximum absolute atomic E-state index is 12.1. The Labute approximate surface area is 134 Å². The summed E-state index contributed by atoms with van der Waals surface area (Å²) in [6.45, 7) is 3.59. The van der Waals surface area contributed by atoms with E-state index < -0.39 is 0 Å². The fraction of sp³-hybridized carbons (Fsp3) is 0.467. The first kappa shape index (κ1) is 16.1. The van der Waals surface area contributed by atoms with Gasteiger partial charge in [-0.2, -0.15) is 0 Å². The highest BCUT2D eigenvalue weighted by Crippen LogP contribution is 2.25. The van der Waals surface area contributed by atoms with Crippen LogP contribution in [-0.4, -0.2) is 29.8 Å². The van der Waals surface area contributed by atoms with Gasteiger partial charge in [0.1, 0.15) is 6.42 Å². The second-order valence-corrected chi connectivity index (χ2v) is 6.26. The number of nitrogens with zero attached hydrogens (tertiary/aromatic N) is 1. The van der Waals surface area contributed by atoms with Crippen LogP contribution in [0, 0.1) is 5.92 Å². The predicted molar refractivity (Wildman–Crippen MR) is 84.7 cm³/mol. The van der Waals surface area contributed by atoms with Gasteiger partial charge in [0.05, 0.1) is 10.0 Å². The Hall–Kier alpha value is -1.26. The number of halogens is 2. The zero-order valence-electron chi connectivity index (χ0n) is 11.9. The Kier molecular flexibility index (Phi) is 5.48. The molecule has 1 aliphatic heterocycles. The summed E-state index contributed by atoms with van der Waals surface area (Å²) in [4.78, 5) is 25.8. The zero-order chi connectivity index (χ0) is 15.4. The van der Waals surface area contributed by atoms with Crippen molar-refractivity contribution in [3.05, 3.63) is 28.2 Å². The van der Waals surface area contributed by atoms with E-state index in [-0.39, 0.29) is 18.2 Å². The van der Waals surface area contributed by atoms with Crippen molar-refractivity contribution < 1.29 is 9.59 Å². The molecule has 0 aromatic heterocycles. The smallest absolute Gasteiger partial charge is 0.233 e. The molecule has 0 saturated carbocycles. The van der Waals surface area contributed by atoms with E-state index in [1.807, 2.05) is 0 Å². The van der Waals surface area contributed by atoms with Gasteiger partial charge in [0.25, 0.3) is 0 Å². The van der Waals surface area contributed by atoms with Crippen molar-refractivity contribution in [2.45, 2.75) is 26.2 Å². The van der Waals surface area contributed by atoms with Gasteiger partial charge >= 0.3 is 0 Å². The molecular formula is C15H18Cl2N2O2. The molecule has 1 aromatic carbocycles. The van der Waals surface area contributed by atoms with E-state index in [1.54, 1.807) is 23.1 Å². The molecule has 4 nitrogen and oxygen atoms in total. The van der Waals surface area contributed by atoms with Crippen molar-refractivity contribution in [1.82, 2.24) is 4.90 Å². The molecule has 1 saturated heterocycles. The van der Waals surface area contributed by atoms with E-state index in [0.29, 0.717) is 21.7 Å². The summed E-state index contributed by atoms with van der Waals surface area (Å²) in [7, 11) is 0. The summed E-state index contributed by atoms with van der Waals surface area (Å²) in [6, 6.07) is 4.82. The van der Waals surface area contributed by atoms with Gasteiger partial charge < -0.3 is 10.2 Å². The van der Waals surface area contributed by atoms with Crippen LogP contribution in [0.15, 0.2) is 18.2 Å². The fourth-order valence-corrected chi connectivity index (χ4v) is 2.74. The lowest BCUT2D eigenvalue weighted by atomic mass is 10.00. The van der Waals surface area contributed by atoms with Crippen LogP contribution in [0.5, 0.6) is 0 Å². The first-order valence-electron chi connectivity index (χ1n) is 6.98. The van der Waals surface area contributed by atoms with Crippen molar-refractivity contribution in [3.63, 3.8) is 0 Å². The first-order chi connectivity index (χ1) is 9.95. The Bertz CT molecular complexity index is 548. The van der Waals surface area contributed by atoms with Crippen LogP contribution in [0.1, 0.15) is 26.2 Å². The number of nitrogens with one attached hydrogen (secondary N) is 1. The molecule has 1 N–H and O–H groups in total. The number of carbonyl (C=O) groups is 2. The lowest BCUT2D eigenvalue weighted by Crippen LogP contribution is -2.40. The topological polar surface area (TPSA) is 49.4 Å². The van der Waals surface area contributed by atoms with Crippen molar-refractivity contribution in [2.24, 2.45) is 5.92 Å². The van der Waals surface area contributed by atoms with E-state index in [0.717, 1.165) is 25.9 Å². The molecular weight excluding hydrogens is 311 g/mol. The van der Waals surface area contributed by atoms with Crippen LogP contribution in [0.4, 0.5) is 5.69 Å². The standard InChI is InChI=1S/C15H18Cl2N2O2/c1-10-3-2-6-19(9-10)15(21)8-14(20)18-11-4-5-12(16)13(17)7-11/h4-5,7,10H,2-3,6,8-9H2,1H3,(H,18,20). The number of hydrogen-bond acceptors (Lipinski definition) is 2. The summed E-state index contributed by atoms with van der Waals surface area (Å²) < 4.78 is 0. The third-order valence-corrected chi connectivity index (χ3v) is 4.26. The average molecular weight is 329 g/mol. The average Bonchev–Trinajstić information content (AvgIpc) is 2.43. The highest BCUT2D eigenvalue weighted by atomic mass is 35.5. The molecule has 1 aliphatic rings. The molecule has 1 heterocycles. The molecule has 114 valence electrons. The van der Waals surface area contributed by atoms with E-state index in [2.05, 4.69) is 12.2 Å². The normalized spacial score (nSPS) is 18.4. The van der Waals surface area contributed by atoms with Gasteiger partial charge in [-0.05, 0) is 37.0 Å². The van der Waals surface area contributed by atoms with Crippen molar-refractivity contribution in [1.29, 1.82) is 0 Å². The maximum atomic E-state index is 12.1. The number of piperidine rings is 1. The highest BCUT2D eigenvalue weighted by Gasteiger charge is 2.22. The van der Waals surface area contributed by atoms with Gasteiger partial charge in [0, 0.05) is 18.8 Å². The lowest BCUT2D eigenvalue weighted by Gasteiger charge is -2.30. The molecule has 0 spiro atoms. The third kappa shape index (κ3) is 4.61. The van der Waals surface area contributed by atoms with Crippen LogP contribution < -0.4 is 5.32 Å². The van der Waals surface area contributed by atoms with E-state index in [4.69, 9.17) is 23.2 Å². The maximum Gasteiger partial charge on any atom is 0.233 e. The molecule has 2 amide bonds. The van der Waals surface area contributed by atoms with Crippen LogP contribution >= 0.6 is 23.2 Å². The molecule has 0 aliphatic carbocycles. The molecule has 1 fully saturated rings. The Morgan fingerprint density at radius 3 is 2.76 bits per heavy atom. The minimum Gasteiger partial charge on any atom is -0.342 e. The number of benzene rings is 1. The molecule has 21 heavy (non-hydrogen) atoms. The summed E-state index contributed by atoms with van der Waals surface area (Å²) in [6.07, 6.45) is 1.99. The van der Waals surface area contributed by atoms with Crippen LogP contribution in [0.2, 0.25) is 10.0 Å². The second kappa shape index (κ2) is 7.14. The van der Waals surface area contributed by atoms with Gasteiger partial charge in [-0.3, -0.25) is 9.59 Å². The molecule has 1 aromatic rings.